The second kappa shape index (κ2) is 6.16. The van der Waals surface area contributed by atoms with Crippen molar-refractivity contribution in [3.05, 3.63) is 34.9 Å². The number of rotatable bonds is 4. The first-order valence-electron chi connectivity index (χ1n) is 7.92. The Bertz CT molecular complexity index is 701. The fourth-order valence-corrected chi connectivity index (χ4v) is 3.17. The summed E-state index contributed by atoms with van der Waals surface area (Å²) in [5.41, 5.74) is 4.13. The summed E-state index contributed by atoms with van der Waals surface area (Å²) >= 11 is 0. The molecule has 1 atom stereocenters. The van der Waals surface area contributed by atoms with E-state index in [1.54, 1.807) is 25.2 Å². The van der Waals surface area contributed by atoms with Crippen LogP contribution in [0.1, 0.15) is 39.6 Å². The van der Waals surface area contributed by atoms with Crippen LogP contribution in [0.3, 0.4) is 0 Å². The summed E-state index contributed by atoms with van der Waals surface area (Å²) in [6.45, 7) is 4.96. The van der Waals surface area contributed by atoms with Gasteiger partial charge in [0, 0.05) is 51.4 Å². The molecule has 0 spiro atoms. The van der Waals surface area contributed by atoms with Crippen molar-refractivity contribution in [2.75, 3.05) is 27.2 Å². The highest BCUT2D eigenvalue weighted by molar-refractivity contribution is 5.94. The van der Waals surface area contributed by atoms with Crippen molar-refractivity contribution in [1.29, 1.82) is 0 Å². The molecule has 0 bridgehead atoms. The second-order valence-corrected chi connectivity index (χ2v) is 6.50. The van der Waals surface area contributed by atoms with Crippen LogP contribution >= 0.6 is 0 Å². The lowest BCUT2D eigenvalue weighted by atomic mass is 10.0. The van der Waals surface area contributed by atoms with Crippen LogP contribution in [0.15, 0.2) is 12.4 Å². The molecule has 3 rings (SSSR count). The first kappa shape index (κ1) is 15.7. The molecule has 0 saturated carbocycles. The number of aromatic nitrogens is 4. The molecule has 1 amide bonds. The van der Waals surface area contributed by atoms with Gasteiger partial charge in [-0.3, -0.25) is 19.5 Å². The van der Waals surface area contributed by atoms with Crippen molar-refractivity contribution in [1.82, 2.24) is 29.8 Å². The average Bonchev–Trinajstić information content (AvgIpc) is 3.23. The Balaban J connectivity index is 1.70. The first-order valence-corrected chi connectivity index (χ1v) is 7.92. The van der Waals surface area contributed by atoms with Crippen molar-refractivity contribution < 1.29 is 4.79 Å². The van der Waals surface area contributed by atoms with Gasteiger partial charge in [-0.05, 0) is 19.9 Å². The number of nitrogens with zero attached hydrogens (tertiary/aromatic N) is 5. The van der Waals surface area contributed by atoms with Crippen LogP contribution in [0.4, 0.5) is 0 Å². The molecule has 1 fully saturated rings. The van der Waals surface area contributed by atoms with Gasteiger partial charge in [0.25, 0.3) is 5.91 Å². The number of likely N-dealkylation sites (tertiary alicyclic amines) is 1. The number of aromatic amines is 1. The van der Waals surface area contributed by atoms with Gasteiger partial charge >= 0.3 is 0 Å². The third-order valence-electron chi connectivity index (χ3n) is 4.72. The van der Waals surface area contributed by atoms with Crippen LogP contribution in [0.25, 0.3) is 0 Å². The molecule has 1 unspecified atom stereocenters. The fraction of sp³-hybridized carbons (Fsp3) is 0.562. The molecule has 1 saturated heterocycles. The lowest BCUT2D eigenvalue weighted by molar-refractivity contribution is 0.0826. The summed E-state index contributed by atoms with van der Waals surface area (Å²) in [6.07, 6.45) is 4.63. The van der Waals surface area contributed by atoms with E-state index in [1.165, 1.54) is 11.3 Å². The maximum absolute atomic E-state index is 12.2. The van der Waals surface area contributed by atoms with Crippen LogP contribution in [0.5, 0.6) is 0 Å². The van der Waals surface area contributed by atoms with Crippen molar-refractivity contribution >= 4 is 5.91 Å². The zero-order valence-electron chi connectivity index (χ0n) is 14.2. The van der Waals surface area contributed by atoms with Gasteiger partial charge in [-0.2, -0.15) is 10.2 Å². The van der Waals surface area contributed by atoms with Gasteiger partial charge in [0.05, 0.1) is 23.7 Å². The number of nitrogens with one attached hydrogen (secondary N) is 1. The van der Waals surface area contributed by atoms with Gasteiger partial charge in [0.1, 0.15) is 0 Å². The third-order valence-corrected chi connectivity index (χ3v) is 4.72. The lowest BCUT2D eigenvalue weighted by Crippen LogP contribution is -2.24. The molecule has 124 valence electrons. The van der Waals surface area contributed by atoms with E-state index in [9.17, 15) is 4.79 Å². The van der Waals surface area contributed by atoms with E-state index < -0.39 is 0 Å². The van der Waals surface area contributed by atoms with Crippen molar-refractivity contribution in [2.45, 2.75) is 25.8 Å². The largest absolute Gasteiger partial charge is 0.345 e. The Morgan fingerprint density at radius 3 is 2.87 bits per heavy atom. The summed E-state index contributed by atoms with van der Waals surface area (Å²) in [6, 6.07) is 0. The highest BCUT2D eigenvalue weighted by Gasteiger charge is 2.29. The molecule has 1 aliphatic heterocycles. The minimum atomic E-state index is 0.00954. The molecule has 1 aliphatic rings. The van der Waals surface area contributed by atoms with Gasteiger partial charge in [-0.15, -0.1) is 0 Å². The minimum Gasteiger partial charge on any atom is -0.345 e. The molecule has 1 N–H and O–H groups in total. The molecule has 7 heteroatoms. The number of amides is 1. The van der Waals surface area contributed by atoms with Gasteiger partial charge in [-0.25, -0.2) is 0 Å². The van der Waals surface area contributed by atoms with Gasteiger partial charge in [0.15, 0.2) is 0 Å². The molecule has 2 aromatic rings. The predicted octanol–water partition coefficient (Wildman–Crippen LogP) is 1.14. The monoisotopic (exact) mass is 316 g/mol. The summed E-state index contributed by atoms with van der Waals surface area (Å²) in [7, 11) is 5.51. The third kappa shape index (κ3) is 3.01. The molecule has 7 nitrogen and oxygen atoms in total. The van der Waals surface area contributed by atoms with Crippen LogP contribution < -0.4 is 0 Å². The zero-order chi connectivity index (χ0) is 16.6. The van der Waals surface area contributed by atoms with Gasteiger partial charge in [0.2, 0.25) is 0 Å². The van der Waals surface area contributed by atoms with E-state index in [1.807, 2.05) is 17.9 Å². The molecule has 2 aromatic heterocycles. The van der Waals surface area contributed by atoms with E-state index in [4.69, 9.17) is 0 Å². The predicted molar refractivity (Wildman–Crippen MR) is 87.2 cm³/mol. The van der Waals surface area contributed by atoms with Crippen molar-refractivity contribution in [3.63, 3.8) is 0 Å². The van der Waals surface area contributed by atoms with E-state index in [0.29, 0.717) is 11.5 Å². The normalized spacial score (nSPS) is 18.5. The number of H-pyrrole nitrogens is 1. The van der Waals surface area contributed by atoms with E-state index in [2.05, 4.69) is 27.1 Å². The number of hydrogen-bond donors (Lipinski definition) is 1. The van der Waals surface area contributed by atoms with Crippen LogP contribution in [-0.4, -0.2) is 62.9 Å². The number of hydrogen-bond acceptors (Lipinski definition) is 4. The smallest absolute Gasteiger partial charge is 0.256 e. The Labute approximate surface area is 136 Å². The molecular weight excluding hydrogens is 292 g/mol. The molecule has 23 heavy (non-hydrogen) atoms. The number of carbonyl (C=O) groups excluding carboxylic acids is 1. The minimum absolute atomic E-state index is 0.00954. The Morgan fingerprint density at radius 1 is 1.43 bits per heavy atom. The quantitative estimate of drug-likeness (QED) is 0.918. The highest BCUT2D eigenvalue weighted by atomic mass is 16.2. The van der Waals surface area contributed by atoms with Crippen LogP contribution in [-0.2, 0) is 13.6 Å². The molecule has 0 aromatic carbocycles. The summed E-state index contributed by atoms with van der Waals surface area (Å²) in [4.78, 5) is 16.3. The van der Waals surface area contributed by atoms with Crippen LogP contribution in [0, 0.1) is 6.92 Å². The van der Waals surface area contributed by atoms with Gasteiger partial charge < -0.3 is 4.90 Å². The Morgan fingerprint density at radius 2 is 2.22 bits per heavy atom. The standard InChI is InChI=1S/C16H24N6O/c1-11-13(7-18-21(11)4)10-22-6-5-12(9-22)15-14(8-17-19-15)16(23)20(2)3/h7-8,12H,5-6,9-10H2,1-4H3,(H,17,19). The highest BCUT2D eigenvalue weighted by Crippen LogP contribution is 2.29. The number of carbonyl (C=O) groups is 1. The van der Waals surface area contributed by atoms with E-state index >= 15 is 0 Å². The molecular formula is C16H24N6O. The Kier molecular flexibility index (Phi) is 4.21. The Hall–Kier alpha value is -2.15. The summed E-state index contributed by atoms with van der Waals surface area (Å²) in [5, 5.41) is 11.4. The molecule has 3 heterocycles. The number of aryl methyl sites for hydroxylation is 1. The first-order chi connectivity index (χ1) is 11.0. The summed E-state index contributed by atoms with van der Waals surface area (Å²) < 4.78 is 1.91. The maximum Gasteiger partial charge on any atom is 0.256 e. The zero-order valence-corrected chi connectivity index (χ0v) is 14.2. The molecule has 0 radical (unpaired) electrons. The topological polar surface area (TPSA) is 70.1 Å². The maximum atomic E-state index is 12.2. The fourth-order valence-electron chi connectivity index (χ4n) is 3.17. The average molecular weight is 316 g/mol. The van der Waals surface area contributed by atoms with Crippen molar-refractivity contribution in [2.24, 2.45) is 7.05 Å². The van der Waals surface area contributed by atoms with E-state index in [0.717, 1.165) is 31.7 Å². The SMILES string of the molecule is Cc1c(CN2CCC(c3[nH]ncc3C(=O)N(C)C)C2)cnn1C. The van der Waals surface area contributed by atoms with Gasteiger partial charge in [-0.1, -0.05) is 0 Å². The second-order valence-electron chi connectivity index (χ2n) is 6.50. The van der Waals surface area contributed by atoms with Crippen molar-refractivity contribution in [3.8, 4) is 0 Å². The summed E-state index contributed by atoms with van der Waals surface area (Å²) in [5.74, 6) is 0.337. The van der Waals surface area contributed by atoms with E-state index in [-0.39, 0.29) is 5.91 Å². The molecule has 0 aliphatic carbocycles. The van der Waals surface area contributed by atoms with Crippen LogP contribution in [0.2, 0.25) is 0 Å². The lowest BCUT2D eigenvalue weighted by Gasteiger charge is -2.16.